The van der Waals surface area contributed by atoms with Crippen LogP contribution >= 0.6 is 15.9 Å². The van der Waals surface area contributed by atoms with Gasteiger partial charge >= 0.3 is 5.97 Å². The number of ether oxygens (including phenoxy) is 1. The maximum atomic E-state index is 13.4. The molecule has 37 heavy (non-hydrogen) atoms. The normalized spacial score (nSPS) is 13.9. The van der Waals surface area contributed by atoms with Gasteiger partial charge in [-0.05, 0) is 29.8 Å². The molecule has 10 heteroatoms. The van der Waals surface area contributed by atoms with Crippen molar-refractivity contribution in [2.75, 3.05) is 20.2 Å². The summed E-state index contributed by atoms with van der Waals surface area (Å²) in [6.45, 7) is 4.32. The van der Waals surface area contributed by atoms with Crippen molar-refractivity contribution in [3.8, 4) is 0 Å². The van der Waals surface area contributed by atoms with Crippen molar-refractivity contribution in [3.05, 3.63) is 83.0 Å². The SMILES string of the molecule is C=CC(=O)N1CC(NC(=O)Cn2cc(C(=O)NC(Cc3ccccc3)C(=O)OC)c3cc(Br)ccc32)C1. The van der Waals surface area contributed by atoms with Crippen LogP contribution in [0.1, 0.15) is 15.9 Å². The van der Waals surface area contributed by atoms with Crippen molar-refractivity contribution in [2.45, 2.75) is 25.0 Å². The van der Waals surface area contributed by atoms with E-state index in [2.05, 4.69) is 33.1 Å². The molecule has 2 aromatic carbocycles. The van der Waals surface area contributed by atoms with Crippen LogP contribution < -0.4 is 10.6 Å². The zero-order valence-corrected chi connectivity index (χ0v) is 21.9. The first-order valence-electron chi connectivity index (χ1n) is 11.7. The number of hydrogen-bond acceptors (Lipinski definition) is 5. The van der Waals surface area contributed by atoms with Crippen molar-refractivity contribution in [3.63, 3.8) is 0 Å². The maximum Gasteiger partial charge on any atom is 0.328 e. The molecule has 1 aromatic heterocycles. The molecule has 9 nitrogen and oxygen atoms in total. The number of hydrogen-bond donors (Lipinski definition) is 2. The van der Waals surface area contributed by atoms with Crippen LogP contribution in [0.15, 0.2) is 71.9 Å². The maximum absolute atomic E-state index is 13.4. The monoisotopic (exact) mass is 566 g/mol. The van der Waals surface area contributed by atoms with Crippen molar-refractivity contribution in [1.29, 1.82) is 0 Å². The Morgan fingerprint density at radius 3 is 2.57 bits per heavy atom. The fourth-order valence-electron chi connectivity index (χ4n) is 4.31. The molecule has 0 radical (unpaired) electrons. The summed E-state index contributed by atoms with van der Waals surface area (Å²) in [5.41, 5.74) is 1.90. The van der Waals surface area contributed by atoms with Crippen LogP contribution in [0.3, 0.4) is 0 Å². The summed E-state index contributed by atoms with van der Waals surface area (Å²) in [6.07, 6.45) is 3.13. The summed E-state index contributed by atoms with van der Waals surface area (Å²) in [7, 11) is 1.28. The Hall–Kier alpha value is -3.92. The molecule has 2 N–H and O–H groups in total. The number of benzene rings is 2. The predicted molar refractivity (Wildman–Crippen MR) is 142 cm³/mol. The van der Waals surface area contributed by atoms with Gasteiger partial charge < -0.3 is 24.8 Å². The molecule has 3 amide bonds. The van der Waals surface area contributed by atoms with E-state index in [1.807, 2.05) is 42.5 Å². The molecule has 3 aromatic rings. The van der Waals surface area contributed by atoms with Crippen LogP contribution in [0.25, 0.3) is 10.9 Å². The highest BCUT2D eigenvalue weighted by molar-refractivity contribution is 9.10. The molecule has 0 saturated carbocycles. The van der Waals surface area contributed by atoms with Crippen LogP contribution in [0.5, 0.6) is 0 Å². The number of rotatable bonds is 9. The second-order valence-electron chi connectivity index (χ2n) is 8.78. The van der Waals surface area contributed by atoms with Gasteiger partial charge in [0.1, 0.15) is 12.6 Å². The molecule has 4 rings (SSSR count). The number of nitrogens with one attached hydrogen (secondary N) is 2. The molecule has 0 aliphatic carbocycles. The minimum atomic E-state index is -0.881. The number of carbonyl (C=O) groups is 4. The molecular weight excluding hydrogens is 540 g/mol. The van der Waals surface area contributed by atoms with Gasteiger partial charge in [0.05, 0.1) is 18.7 Å². The fraction of sp³-hybridized carbons (Fsp3) is 0.259. The quantitative estimate of drug-likeness (QED) is 0.305. The number of fused-ring (bicyclic) bond motifs is 1. The Morgan fingerprint density at radius 2 is 1.89 bits per heavy atom. The van der Waals surface area contributed by atoms with Gasteiger partial charge in [-0.1, -0.05) is 52.8 Å². The lowest BCUT2D eigenvalue weighted by Gasteiger charge is -2.38. The lowest BCUT2D eigenvalue weighted by atomic mass is 10.1. The summed E-state index contributed by atoms with van der Waals surface area (Å²) >= 11 is 3.44. The number of esters is 1. The third-order valence-electron chi connectivity index (χ3n) is 6.21. The first-order chi connectivity index (χ1) is 17.8. The molecule has 1 atom stereocenters. The highest BCUT2D eigenvalue weighted by Gasteiger charge is 2.30. The topological polar surface area (TPSA) is 110 Å². The molecule has 0 bridgehead atoms. The van der Waals surface area contributed by atoms with Crippen molar-refractivity contribution >= 4 is 50.5 Å². The van der Waals surface area contributed by atoms with Crippen molar-refractivity contribution < 1.29 is 23.9 Å². The fourth-order valence-corrected chi connectivity index (χ4v) is 4.67. The summed E-state index contributed by atoms with van der Waals surface area (Å²) in [6, 6.07) is 13.8. The first kappa shape index (κ1) is 26.2. The Bertz CT molecular complexity index is 1350. The van der Waals surface area contributed by atoms with Gasteiger partial charge in [-0.15, -0.1) is 0 Å². The number of methoxy groups -OCH3 is 1. The first-order valence-corrected chi connectivity index (χ1v) is 12.5. The van der Waals surface area contributed by atoms with Crippen LogP contribution in [0, 0.1) is 0 Å². The Labute approximate surface area is 222 Å². The third-order valence-corrected chi connectivity index (χ3v) is 6.70. The average molecular weight is 567 g/mol. The lowest BCUT2D eigenvalue weighted by molar-refractivity contribution is -0.142. The van der Waals surface area contributed by atoms with Crippen LogP contribution in [0.4, 0.5) is 0 Å². The average Bonchev–Trinajstić information content (AvgIpc) is 3.22. The molecule has 1 aliphatic heterocycles. The van der Waals surface area contributed by atoms with Gasteiger partial charge in [-0.3, -0.25) is 14.4 Å². The molecular formula is C27H27BrN4O5. The van der Waals surface area contributed by atoms with E-state index in [0.29, 0.717) is 29.6 Å². The van der Waals surface area contributed by atoms with Gasteiger partial charge in [-0.2, -0.15) is 0 Å². The molecule has 1 aliphatic rings. The number of carbonyl (C=O) groups excluding carboxylic acids is 4. The summed E-state index contributed by atoms with van der Waals surface area (Å²) in [5, 5.41) is 6.34. The Balaban J connectivity index is 1.51. The van der Waals surface area contributed by atoms with E-state index < -0.39 is 17.9 Å². The zero-order valence-electron chi connectivity index (χ0n) is 20.3. The second-order valence-corrected chi connectivity index (χ2v) is 9.70. The lowest BCUT2D eigenvalue weighted by Crippen LogP contribution is -2.61. The van der Waals surface area contributed by atoms with E-state index in [1.165, 1.54) is 13.2 Å². The second kappa shape index (κ2) is 11.4. The molecule has 0 spiro atoms. The number of halogens is 1. The molecule has 1 fully saturated rings. The van der Waals surface area contributed by atoms with E-state index in [-0.39, 0.29) is 30.8 Å². The van der Waals surface area contributed by atoms with Crippen molar-refractivity contribution in [2.24, 2.45) is 0 Å². The highest BCUT2D eigenvalue weighted by atomic mass is 79.9. The predicted octanol–water partition coefficient (Wildman–Crippen LogP) is 2.43. The smallest absolute Gasteiger partial charge is 0.328 e. The number of amides is 3. The van der Waals surface area contributed by atoms with E-state index in [9.17, 15) is 19.2 Å². The van der Waals surface area contributed by atoms with Gasteiger partial charge in [0.15, 0.2) is 0 Å². The largest absolute Gasteiger partial charge is 0.467 e. The standard InChI is InChI=1S/C27H27BrN4O5/c1-3-25(34)32-13-19(14-32)29-24(33)16-31-15-21(20-12-18(28)9-10-23(20)31)26(35)30-22(27(36)37-2)11-17-7-5-4-6-8-17/h3-10,12,15,19,22H,1,11,13-14,16H2,2H3,(H,29,33)(H,30,35). The molecule has 1 saturated heterocycles. The van der Waals surface area contributed by atoms with Gasteiger partial charge in [0.25, 0.3) is 5.91 Å². The highest BCUT2D eigenvalue weighted by Crippen LogP contribution is 2.26. The van der Waals surface area contributed by atoms with Gasteiger partial charge in [0, 0.05) is 41.1 Å². The van der Waals surface area contributed by atoms with Gasteiger partial charge in [0.2, 0.25) is 11.8 Å². The van der Waals surface area contributed by atoms with E-state index in [0.717, 1.165) is 10.0 Å². The van der Waals surface area contributed by atoms with E-state index >= 15 is 0 Å². The van der Waals surface area contributed by atoms with E-state index in [1.54, 1.807) is 21.7 Å². The minimum absolute atomic E-state index is 0.0121. The molecule has 2 heterocycles. The van der Waals surface area contributed by atoms with Crippen LogP contribution in [-0.2, 0) is 32.1 Å². The van der Waals surface area contributed by atoms with Crippen LogP contribution in [0.2, 0.25) is 0 Å². The molecule has 192 valence electrons. The Morgan fingerprint density at radius 1 is 1.16 bits per heavy atom. The summed E-state index contributed by atoms with van der Waals surface area (Å²) < 4.78 is 7.39. The summed E-state index contributed by atoms with van der Waals surface area (Å²) in [4.78, 5) is 51.7. The van der Waals surface area contributed by atoms with Gasteiger partial charge in [-0.25, -0.2) is 4.79 Å². The minimum Gasteiger partial charge on any atom is -0.467 e. The Kier molecular flexibility index (Phi) is 8.08. The number of likely N-dealkylation sites (tertiary alicyclic amines) is 1. The number of nitrogens with zero attached hydrogens (tertiary/aromatic N) is 2. The van der Waals surface area contributed by atoms with E-state index in [4.69, 9.17) is 4.74 Å². The zero-order chi connectivity index (χ0) is 26.5. The number of aromatic nitrogens is 1. The summed E-state index contributed by atoms with van der Waals surface area (Å²) in [5.74, 6) is -1.41. The van der Waals surface area contributed by atoms with Crippen LogP contribution in [-0.4, -0.2) is 65.4 Å². The molecule has 1 unspecified atom stereocenters. The van der Waals surface area contributed by atoms with Crippen molar-refractivity contribution in [1.82, 2.24) is 20.1 Å². The third kappa shape index (κ3) is 6.08.